The Morgan fingerprint density at radius 3 is 3.05 bits per heavy atom. The fourth-order valence-electron chi connectivity index (χ4n) is 3.35. The third kappa shape index (κ3) is 2.37. The average molecular weight is 340 g/mol. The SMILES string of the molecule is CS(=O)(=O)N[C@@H]1[C@@H](Nc2ncnc3sccc23)[C@H]2CCO[C@H]21. The number of thiophene rings is 1. The lowest BCUT2D eigenvalue weighted by molar-refractivity contribution is -0.00314. The molecule has 1 saturated heterocycles. The van der Waals surface area contributed by atoms with Gasteiger partial charge >= 0.3 is 0 Å². The van der Waals surface area contributed by atoms with Crippen LogP contribution in [-0.2, 0) is 14.8 Å². The Balaban J connectivity index is 1.61. The molecule has 4 rings (SSSR count). The van der Waals surface area contributed by atoms with Crippen molar-refractivity contribution in [1.29, 1.82) is 0 Å². The summed E-state index contributed by atoms with van der Waals surface area (Å²) < 4.78 is 31.5. The summed E-state index contributed by atoms with van der Waals surface area (Å²) >= 11 is 1.56. The Morgan fingerprint density at radius 1 is 1.36 bits per heavy atom. The maximum Gasteiger partial charge on any atom is 0.209 e. The Labute approximate surface area is 132 Å². The topological polar surface area (TPSA) is 93.2 Å². The zero-order chi connectivity index (χ0) is 15.3. The minimum absolute atomic E-state index is 0.0137. The first-order valence-corrected chi connectivity index (χ1v) is 9.84. The third-order valence-corrected chi connectivity index (χ3v) is 5.82. The molecule has 1 saturated carbocycles. The van der Waals surface area contributed by atoms with E-state index in [4.69, 9.17) is 4.74 Å². The van der Waals surface area contributed by atoms with Crippen LogP contribution in [0.2, 0.25) is 0 Å². The van der Waals surface area contributed by atoms with Crippen molar-refractivity contribution in [3.8, 4) is 0 Å². The molecule has 0 aromatic carbocycles. The number of aromatic nitrogens is 2. The minimum Gasteiger partial charge on any atom is -0.376 e. The van der Waals surface area contributed by atoms with E-state index in [1.54, 1.807) is 11.3 Å². The second-order valence-corrected chi connectivity index (χ2v) is 8.41. The van der Waals surface area contributed by atoms with Crippen molar-refractivity contribution in [2.24, 2.45) is 5.92 Å². The first-order chi connectivity index (χ1) is 10.5. The van der Waals surface area contributed by atoms with Crippen molar-refractivity contribution in [2.45, 2.75) is 24.6 Å². The molecule has 0 unspecified atom stereocenters. The molecule has 9 heteroatoms. The highest BCUT2D eigenvalue weighted by Gasteiger charge is 2.55. The molecule has 2 aliphatic rings. The Kier molecular flexibility index (Phi) is 3.33. The Hall–Kier alpha value is -1.29. The van der Waals surface area contributed by atoms with Crippen LogP contribution in [0.4, 0.5) is 5.82 Å². The summed E-state index contributed by atoms with van der Waals surface area (Å²) in [5.74, 6) is 1.06. The van der Waals surface area contributed by atoms with Gasteiger partial charge in [-0.15, -0.1) is 11.3 Å². The summed E-state index contributed by atoms with van der Waals surface area (Å²) in [5.41, 5.74) is 0. The number of rotatable bonds is 4. The largest absolute Gasteiger partial charge is 0.376 e. The van der Waals surface area contributed by atoms with Gasteiger partial charge in [0.05, 0.1) is 29.8 Å². The van der Waals surface area contributed by atoms with E-state index in [1.165, 1.54) is 12.6 Å². The van der Waals surface area contributed by atoms with Crippen molar-refractivity contribution in [3.05, 3.63) is 17.8 Å². The monoisotopic (exact) mass is 340 g/mol. The number of hydrogen-bond donors (Lipinski definition) is 2. The molecule has 2 fully saturated rings. The fraction of sp³-hybridized carbons (Fsp3) is 0.538. The molecule has 22 heavy (non-hydrogen) atoms. The molecule has 0 spiro atoms. The van der Waals surface area contributed by atoms with Gasteiger partial charge in [-0.2, -0.15) is 0 Å². The first kappa shape index (κ1) is 14.3. The second kappa shape index (κ2) is 5.12. The normalized spacial score (nSPS) is 31.0. The minimum atomic E-state index is -3.28. The Bertz CT molecular complexity index is 806. The van der Waals surface area contributed by atoms with Crippen LogP contribution in [0.25, 0.3) is 10.2 Å². The highest BCUT2D eigenvalue weighted by molar-refractivity contribution is 7.88. The maximum absolute atomic E-state index is 11.6. The molecule has 2 aromatic heterocycles. The molecule has 2 N–H and O–H groups in total. The van der Waals surface area contributed by atoms with Gasteiger partial charge < -0.3 is 10.1 Å². The van der Waals surface area contributed by atoms with Gasteiger partial charge in [-0.3, -0.25) is 0 Å². The standard InChI is InChI=1S/C13H16N4O3S2/c1-22(18,19)17-10-9(7-2-4-20-11(7)10)16-12-8-3-5-21-13(8)15-6-14-12/h3,5-7,9-11,17H,2,4H2,1H3,(H,14,15,16)/t7-,9+,10-,11-/m1/s1. The van der Waals surface area contributed by atoms with Crippen LogP contribution in [0, 0.1) is 5.92 Å². The molecule has 0 radical (unpaired) electrons. The van der Waals surface area contributed by atoms with E-state index < -0.39 is 10.0 Å². The maximum atomic E-state index is 11.6. The van der Waals surface area contributed by atoms with Crippen molar-refractivity contribution in [3.63, 3.8) is 0 Å². The Morgan fingerprint density at radius 2 is 2.23 bits per heavy atom. The van der Waals surface area contributed by atoms with Crippen LogP contribution in [0.15, 0.2) is 17.8 Å². The van der Waals surface area contributed by atoms with Gasteiger partial charge in [0.25, 0.3) is 0 Å². The smallest absolute Gasteiger partial charge is 0.209 e. The molecule has 3 heterocycles. The zero-order valence-corrected chi connectivity index (χ0v) is 13.5. The summed E-state index contributed by atoms with van der Waals surface area (Å²) in [7, 11) is -3.28. The third-order valence-electron chi connectivity index (χ3n) is 4.30. The summed E-state index contributed by atoms with van der Waals surface area (Å²) in [4.78, 5) is 9.46. The van der Waals surface area contributed by atoms with Crippen molar-refractivity contribution >= 4 is 37.4 Å². The first-order valence-electron chi connectivity index (χ1n) is 7.06. The molecular formula is C13H16N4O3S2. The van der Waals surface area contributed by atoms with Gasteiger partial charge in [-0.25, -0.2) is 23.1 Å². The molecule has 7 nitrogen and oxygen atoms in total. The highest BCUT2D eigenvalue weighted by Crippen LogP contribution is 2.41. The fourth-order valence-corrected chi connectivity index (χ4v) is 4.86. The molecule has 118 valence electrons. The van der Waals surface area contributed by atoms with Gasteiger partial charge in [0, 0.05) is 12.5 Å². The molecule has 4 atom stereocenters. The lowest BCUT2D eigenvalue weighted by Gasteiger charge is -2.47. The second-order valence-electron chi connectivity index (χ2n) is 5.74. The van der Waals surface area contributed by atoms with Crippen LogP contribution < -0.4 is 10.0 Å². The van der Waals surface area contributed by atoms with E-state index in [9.17, 15) is 8.42 Å². The van der Waals surface area contributed by atoms with E-state index in [0.717, 1.165) is 22.5 Å². The lowest BCUT2D eigenvalue weighted by atomic mass is 9.72. The predicted molar refractivity (Wildman–Crippen MR) is 84.4 cm³/mol. The number of anilines is 1. The molecule has 1 aliphatic heterocycles. The number of nitrogens with zero attached hydrogens (tertiary/aromatic N) is 2. The van der Waals surface area contributed by atoms with Gasteiger partial charge in [0.15, 0.2) is 0 Å². The van der Waals surface area contributed by atoms with Gasteiger partial charge in [0.1, 0.15) is 17.0 Å². The van der Waals surface area contributed by atoms with Gasteiger partial charge in [0.2, 0.25) is 10.0 Å². The molecule has 2 aromatic rings. The molecule has 0 bridgehead atoms. The van der Waals surface area contributed by atoms with E-state index in [0.29, 0.717) is 12.5 Å². The van der Waals surface area contributed by atoms with Crippen molar-refractivity contribution in [1.82, 2.24) is 14.7 Å². The van der Waals surface area contributed by atoms with Crippen LogP contribution >= 0.6 is 11.3 Å². The van der Waals surface area contributed by atoms with Gasteiger partial charge in [-0.05, 0) is 17.9 Å². The number of ether oxygens (including phenoxy) is 1. The summed E-state index contributed by atoms with van der Waals surface area (Å²) in [6.45, 7) is 0.674. The highest BCUT2D eigenvalue weighted by atomic mass is 32.2. The van der Waals surface area contributed by atoms with E-state index >= 15 is 0 Å². The van der Waals surface area contributed by atoms with Gasteiger partial charge in [-0.1, -0.05) is 0 Å². The molecule has 0 amide bonds. The lowest BCUT2D eigenvalue weighted by Crippen LogP contribution is -2.68. The number of hydrogen-bond acceptors (Lipinski definition) is 7. The van der Waals surface area contributed by atoms with Crippen LogP contribution in [0.1, 0.15) is 6.42 Å². The van der Waals surface area contributed by atoms with E-state index in [2.05, 4.69) is 20.0 Å². The quantitative estimate of drug-likeness (QED) is 0.855. The summed E-state index contributed by atoms with van der Waals surface area (Å²) in [6, 6.07) is 1.70. The molecule has 1 aliphatic carbocycles. The summed E-state index contributed by atoms with van der Waals surface area (Å²) in [6.07, 6.45) is 3.59. The molecular weight excluding hydrogens is 324 g/mol. The summed E-state index contributed by atoms with van der Waals surface area (Å²) in [5, 5.41) is 6.34. The van der Waals surface area contributed by atoms with Crippen LogP contribution in [-0.4, -0.2) is 49.4 Å². The number of fused-ring (bicyclic) bond motifs is 2. The number of sulfonamides is 1. The number of nitrogens with one attached hydrogen (secondary N) is 2. The van der Waals surface area contributed by atoms with Crippen LogP contribution in [0.5, 0.6) is 0 Å². The van der Waals surface area contributed by atoms with Crippen molar-refractivity contribution in [2.75, 3.05) is 18.2 Å². The van der Waals surface area contributed by atoms with Crippen LogP contribution in [0.3, 0.4) is 0 Å². The predicted octanol–water partition coefficient (Wildman–Crippen LogP) is 0.808. The van der Waals surface area contributed by atoms with E-state index in [1.807, 2.05) is 11.4 Å². The average Bonchev–Trinajstić information content (AvgIpc) is 3.08. The zero-order valence-electron chi connectivity index (χ0n) is 11.9. The van der Waals surface area contributed by atoms with E-state index in [-0.39, 0.29) is 18.2 Å². The van der Waals surface area contributed by atoms with Crippen molar-refractivity contribution < 1.29 is 13.2 Å².